The Hall–Kier alpha value is -1.59. The van der Waals surface area contributed by atoms with E-state index in [4.69, 9.17) is 22.1 Å². The summed E-state index contributed by atoms with van der Waals surface area (Å²) in [5.74, 6) is -1.33. The van der Waals surface area contributed by atoms with Crippen molar-refractivity contribution >= 4 is 44.9 Å². The Morgan fingerprint density at radius 3 is 2.67 bits per heavy atom. The molecule has 2 N–H and O–H groups in total. The Balaban J connectivity index is 2.34. The molecule has 0 aliphatic heterocycles. The zero-order chi connectivity index (χ0) is 13.3. The van der Waals surface area contributed by atoms with Gasteiger partial charge >= 0.3 is 5.97 Å². The largest absolute Gasteiger partial charge is 0.448 e. The molecule has 18 heavy (non-hydrogen) atoms. The van der Waals surface area contributed by atoms with Crippen LogP contribution in [0.25, 0.3) is 10.1 Å². The Kier molecular flexibility index (Phi) is 3.54. The topological polar surface area (TPSA) is 69.4 Å². The number of hydrogen-bond acceptors (Lipinski definition) is 4. The van der Waals surface area contributed by atoms with Crippen LogP contribution in [0.3, 0.4) is 0 Å². The van der Waals surface area contributed by atoms with Crippen LogP contribution in [0.15, 0.2) is 24.3 Å². The fourth-order valence-electron chi connectivity index (χ4n) is 1.42. The van der Waals surface area contributed by atoms with Crippen LogP contribution in [0.4, 0.5) is 0 Å². The van der Waals surface area contributed by atoms with Crippen LogP contribution in [-0.2, 0) is 9.53 Å². The molecule has 0 saturated carbocycles. The molecule has 0 spiro atoms. The Bertz CT molecular complexity index is 623. The number of thiophene rings is 1. The van der Waals surface area contributed by atoms with Gasteiger partial charge < -0.3 is 10.5 Å². The van der Waals surface area contributed by atoms with E-state index in [9.17, 15) is 9.59 Å². The minimum absolute atomic E-state index is 0.283. The molecule has 0 fully saturated rings. The number of fused-ring (bicyclic) bond motifs is 1. The molecule has 0 aliphatic rings. The fraction of sp³-hybridized carbons (Fsp3) is 0.167. The predicted octanol–water partition coefficient (Wildman–Crippen LogP) is 2.59. The summed E-state index contributed by atoms with van der Waals surface area (Å²) < 4.78 is 5.81. The van der Waals surface area contributed by atoms with Crippen molar-refractivity contribution in [3.63, 3.8) is 0 Å². The van der Waals surface area contributed by atoms with Crippen LogP contribution in [0.5, 0.6) is 0 Å². The average Bonchev–Trinajstić information content (AvgIpc) is 2.67. The van der Waals surface area contributed by atoms with E-state index < -0.39 is 18.0 Å². The summed E-state index contributed by atoms with van der Waals surface area (Å²) >= 11 is 7.34. The highest BCUT2D eigenvalue weighted by atomic mass is 35.5. The summed E-state index contributed by atoms with van der Waals surface area (Å²) in [6.45, 7) is 1.42. The zero-order valence-electron chi connectivity index (χ0n) is 9.48. The maximum absolute atomic E-state index is 11.8. The van der Waals surface area contributed by atoms with E-state index in [-0.39, 0.29) is 4.88 Å². The van der Waals surface area contributed by atoms with Gasteiger partial charge in [0.1, 0.15) is 4.88 Å². The van der Waals surface area contributed by atoms with Crippen molar-refractivity contribution in [1.82, 2.24) is 0 Å². The van der Waals surface area contributed by atoms with Crippen LogP contribution in [0.2, 0.25) is 5.02 Å². The van der Waals surface area contributed by atoms with Gasteiger partial charge in [-0.2, -0.15) is 0 Å². The first-order valence-corrected chi connectivity index (χ1v) is 6.37. The number of halogens is 1. The number of ether oxygens (including phenoxy) is 1. The van der Waals surface area contributed by atoms with Gasteiger partial charge in [0.15, 0.2) is 6.10 Å². The maximum Gasteiger partial charge on any atom is 0.350 e. The number of esters is 1. The Morgan fingerprint density at radius 1 is 1.39 bits per heavy atom. The smallest absolute Gasteiger partial charge is 0.350 e. The van der Waals surface area contributed by atoms with Crippen LogP contribution >= 0.6 is 22.9 Å². The summed E-state index contributed by atoms with van der Waals surface area (Å²) in [6, 6.07) is 7.38. The van der Waals surface area contributed by atoms with Crippen molar-refractivity contribution in [2.45, 2.75) is 13.0 Å². The van der Waals surface area contributed by atoms with Crippen molar-refractivity contribution in [1.29, 1.82) is 0 Å². The minimum Gasteiger partial charge on any atom is -0.448 e. The monoisotopic (exact) mass is 283 g/mol. The molecule has 0 bridgehead atoms. The molecule has 4 nitrogen and oxygen atoms in total. The van der Waals surface area contributed by atoms with E-state index in [0.29, 0.717) is 5.02 Å². The van der Waals surface area contributed by atoms with Crippen molar-refractivity contribution in [2.24, 2.45) is 5.73 Å². The van der Waals surface area contributed by atoms with Crippen LogP contribution in [0.1, 0.15) is 16.6 Å². The molecule has 0 aliphatic carbocycles. The first-order chi connectivity index (χ1) is 8.50. The third kappa shape index (κ3) is 2.32. The molecule has 6 heteroatoms. The highest BCUT2D eigenvalue weighted by molar-refractivity contribution is 7.21. The van der Waals surface area contributed by atoms with Crippen molar-refractivity contribution in [3.05, 3.63) is 34.2 Å². The highest BCUT2D eigenvalue weighted by Gasteiger charge is 2.21. The summed E-state index contributed by atoms with van der Waals surface area (Å²) in [5.41, 5.74) is 5.03. The van der Waals surface area contributed by atoms with Gasteiger partial charge in [-0.15, -0.1) is 11.3 Å². The van der Waals surface area contributed by atoms with E-state index in [0.717, 1.165) is 10.1 Å². The maximum atomic E-state index is 11.8. The number of carbonyl (C=O) groups excluding carboxylic acids is 2. The lowest BCUT2D eigenvalue weighted by Gasteiger charge is -2.08. The summed E-state index contributed by atoms with van der Waals surface area (Å²) in [5, 5.41) is 1.14. The van der Waals surface area contributed by atoms with Crippen LogP contribution in [-0.4, -0.2) is 18.0 Å². The van der Waals surface area contributed by atoms with Gasteiger partial charge in [-0.05, 0) is 13.0 Å². The second kappa shape index (κ2) is 4.96. The fourth-order valence-corrected chi connectivity index (χ4v) is 2.81. The molecule has 0 unspecified atom stereocenters. The van der Waals surface area contributed by atoms with Gasteiger partial charge in [0.25, 0.3) is 5.91 Å². The lowest BCUT2D eigenvalue weighted by Crippen LogP contribution is -2.30. The third-order valence-corrected chi connectivity index (χ3v) is 4.06. The number of carbonyl (C=O) groups is 2. The summed E-state index contributed by atoms with van der Waals surface area (Å²) in [4.78, 5) is 23.0. The van der Waals surface area contributed by atoms with Gasteiger partial charge in [0.2, 0.25) is 0 Å². The molecule has 0 saturated heterocycles. The molecule has 1 atom stereocenters. The number of nitrogens with two attached hydrogens (primary N) is 1. The van der Waals surface area contributed by atoms with E-state index in [1.807, 2.05) is 24.3 Å². The van der Waals surface area contributed by atoms with Gasteiger partial charge in [-0.3, -0.25) is 4.79 Å². The van der Waals surface area contributed by atoms with E-state index in [1.165, 1.54) is 18.3 Å². The van der Waals surface area contributed by atoms with Crippen molar-refractivity contribution in [2.75, 3.05) is 0 Å². The van der Waals surface area contributed by atoms with Crippen molar-refractivity contribution < 1.29 is 14.3 Å². The predicted molar refractivity (Wildman–Crippen MR) is 70.9 cm³/mol. The lowest BCUT2D eigenvalue weighted by molar-refractivity contribution is -0.125. The minimum atomic E-state index is -0.973. The quantitative estimate of drug-likeness (QED) is 0.880. The van der Waals surface area contributed by atoms with Crippen LogP contribution < -0.4 is 5.73 Å². The molecule has 2 rings (SSSR count). The second-order valence-corrected chi connectivity index (χ2v) is 5.12. The van der Waals surface area contributed by atoms with Crippen LogP contribution in [0, 0.1) is 0 Å². The normalized spacial score (nSPS) is 12.3. The molecule has 0 radical (unpaired) electrons. The molecule has 1 aromatic carbocycles. The number of amides is 1. The van der Waals surface area contributed by atoms with E-state index in [2.05, 4.69) is 0 Å². The molecule has 1 heterocycles. The molecular formula is C12H10ClNO3S. The first-order valence-electron chi connectivity index (χ1n) is 5.18. The average molecular weight is 284 g/mol. The third-order valence-electron chi connectivity index (χ3n) is 2.40. The van der Waals surface area contributed by atoms with Gasteiger partial charge in [-0.25, -0.2) is 4.79 Å². The van der Waals surface area contributed by atoms with Gasteiger partial charge in [0, 0.05) is 10.1 Å². The van der Waals surface area contributed by atoms with E-state index >= 15 is 0 Å². The standard InChI is InChI=1S/C12H10ClNO3S/c1-6(11(14)15)17-12(16)10-9(13)7-4-2-3-5-8(7)18-10/h2-6H,1H3,(H2,14,15)/t6-/m0/s1. The van der Waals surface area contributed by atoms with E-state index in [1.54, 1.807) is 0 Å². The number of hydrogen-bond donors (Lipinski definition) is 1. The SMILES string of the molecule is C[C@H](OC(=O)c1sc2ccccc2c1Cl)C(N)=O. The molecule has 1 amide bonds. The Morgan fingerprint density at radius 2 is 2.06 bits per heavy atom. The summed E-state index contributed by atoms with van der Waals surface area (Å²) in [7, 11) is 0. The molecule has 1 aromatic heterocycles. The zero-order valence-corrected chi connectivity index (χ0v) is 11.0. The Labute approximate surface area is 112 Å². The molecule has 2 aromatic rings. The van der Waals surface area contributed by atoms with Gasteiger partial charge in [0.05, 0.1) is 5.02 Å². The van der Waals surface area contributed by atoms with Crippen molar-refractivity contribution in [3.8, 4) is 0 Å². The molecule has 94 valence electrons. The number of primary amides is 1. The lowest BCUT2D eigenvalue weighted by atomic mass is 10.2. The molecular weight excluding hydrogens is 274 g/mol. The first kappa shape index (κ1) is 12.9. The summed E-state index contributed by atoms with van der Waals surface area (Å²) in [6.07, 6.45) is -0.973. The number of rotatable bonds is 3. The number of benzene rings is 1. The highest BCUT2D eigenvalue weighted by Crippen LogP contribution is 2.35. The second-order valence-electron chi connectivity index (χ2n) is 3.69. The van der Waals surface area contributed by atoms with Gasteiger partial charge in [-0.1, -0.05) is 29.8 Å².